The molecule has 1 fully saturated rings. The van der Waals surface area contributed by atoms with Crippen LogP contribution in [0.15, 0.2) is 48.8 Å². The van der Waals surface area contributed by atoms with Crippen LogP contribution in [0, 0.1) is 5.82 Å². The second kappa shape index (κ2) is 7.98. The first-order valence-corrected chi connectivity index (χ1v) is 11.1. The van der Waals surface area contributed by atoms with Gasteiger partial charge in [-0.25, -0.2) is 14.4 Å². The molecule has 3 aromatic heterocycles. The number of ether oxygens (including phenoxy) is 1. The maximum Gasteiger partial charge on any atom is 0.259 e. The van der Waals surface area contributed by atoms with Crippen molar-refractivity contribution in [2.45, 2.75) is 25.4 Å². The molecule has 0 aliphatic carbocycles. The zero-order valence-corrected chi connectivity index (χ0v) is 18.2. The number of nitrogens with zero attached hydrogens (tertiary/aromatic N) is 5. The quantitative estimate of drug-likeness (QED) is 0.450. The van der Waals surface area contributed by atoms with Crippen LogP contribution in [0.4, 0.5) is 16.0 Å². The molecule has 1 saturated heterocycles. The molecule has 2 aliphatic heterocycles. The van der Waals surface area contributed by atoms with Crippen molar-refractivity contribution < 1.29 is 13.9 Å². The largest absolute Gasteiger partial charge is 0.475 e. The van der Waals surface area contributed by atoms with Crippen LogP contribution in [-0.4, -0.2) is 49.6 Å². The molecule has 172 valence electrons. The van der Waals surface area contributed by atoms with Crippen LogP contribution in [-0.2, 0) is 6.54 Å². The van der Waals surface area contributed by atoms with E-state index in [9.17, 15) is 9.18 Å². The second-order valence-electron chi connectivity index (χ2n) is 8.46. The van der Waals surface area contributed by atoms with E-state index >= 15 is 0 Å². The van der Waals surface area contributed by atoms with Crippen LogP contribution in [0.3, 0.4) is 0 Å². The number of nitrogen functional groups attached to an aromatic ring is 1. The number of nitrogens with two attached hydrogens (primary N) is 1. The van der Waals surface area contributed by atoms with Gasteiger partial charge < -0.3 is 20.7 Å². The number of rotatable bonds is 1. The molecule has 34 heavy (non-hydrogen) atoms. The summed E-state index contributed by atoms with van der Waals surface area (Å²) in [4.78, 5) is 24.2. The van der Waals surface area contributed by atoms with Crippen LogP contribution in [0.25, 0.3) is 16.8 Å². The highest BCUT2D eigenvalue weighted by Gasteiger charge is 2.33. The highest BCUT2D eigenvalue weighted by molar-refractivity contribution is 6.01. The number of carbonyl (C=O) groups excluding carboxylic acids is 1. The third-order valence-corrected chi connectivity index (χ3v) is 6.36. The van der Waals surface area contributed by atoms with E-state index in [1.54, 1.807) is 4.90 Å². The number of anilines is 2. The summed E-state index contributed by atoms with van der Waals surface area (Å²) in [5.74, 6) is 0.497. The van der Waals surface area contributed by atoms with Crippen molar-refractivity contribution >= 4 is 23.2 Å². The summed E-state index contributed by atoms with van der Waals surface area (Å²) in [5, 5.41) is 7.66. The molecule has 0 saturated carbocycles. The van der Waals surface area contributed by atoms with Crippen LogP contribution < -0.4 is 15.8 Å². The van der Waals surface area contributed by atoms with Crippen molar-refractivity contribution in [3.63, 3.8) is 0 Å². The van der Waals surface area contributed by atoms with Gasteiger partial charge in [-0.15, -0.1) is 0 Å². The molecular formula is C24H22FN7O2. The molecule has 10 heteroatoms. The van der Waals surface area contributed by atoms with Gasteiger partial charge in [-0.3, -0.25) is 4.79 Å². The van der Waals surface area contributed by atoms with Crippen LogP contribution in [0.5, 0.6) is 5.88 Å². The van der Waals surface area contributed by atoms with E-state index in [1.807, 2.05) is 30.3 Å². The number of carbonyl (C=O) groups is 1. The van der Waals surface area contributed by atoms with E-state index in [0.29, 0.717) is 46.4 Å². The molecule has 1 atom stereocenters. The van der Waals surface area contributed by atoms with E-state index in [-0.39, 0.29) is 25.1 Å². The van der Waals surface area contributed by atoms with E-state index < -0.39 is 5.82 Å². The number of fused-ring (bicyclic) bond motifs is 3. The van der Waals surface area contributed by atoms with Gasteiger partial charge in [0.1, 0.15) is 29.6 Å². The van der Waals surface area contributed by atoms with Crippen molar-refractivity contribution in [1.82, 2.24) is 24.5 Å². The minimum Gasteiger partial charge on any atom is -0.475 e. The lowest BCUT2D eigenvalue weighted by Crippen LogP contribution is -2.39. The van der Waals surface area contributed by atoms with Gasteiger partial charge in [-0.2, -0.15) is 9.61 Å². The highest BCUT2D eigenvalue weighted by atomic mass is 19.1. The number of hydrogen-bond acceptors (Lipinski definition) is 7. The third-order valence-electron chi connectivity index (χ3n) is 6.36. The molecule has 9 nitrogen and oxygen atoms in total. The summed E-state index contributed by atoms with van der Waals surface area (Å²) in [6.45, 7) is 1.08. The summed E-state index contributed by atoms with van der Waals surface area (Å²) in [7, 11) is 0. The Bertz CT molecular complexity index is 1410. The molecule has 3 N–H and O–H groups in total. The van der Waals surface area contributed by atoms with Crippen LogP contribution >= 0.6 is 0 Å². The molecular weight excluding hydrogens is 437 g/mol. The molecule has 2 aliphatic rings. The average molecular weight is 459 g/mol. The van der Waals surface area contributed by atoms with Crippen molar-refractivity contribution in [3.8, 4) is 17.0 Å². The smallest absolute Gasteiger partial charge is 0.259 e. The Morgan fingerprint density at radius 3 is 2.91 bits per heavy atom. The Hall–Kier alpha value is -4.21. The number of benzene rings is 1. The molecule has 1 amide bonds. The fraction of sp³-hybridized carbons (Fsp3) is 0.250. The monoisotopic (exact) mass is 459 g/mol. The number of pyridine rings is 1. The number of nitrogens with one attached hydrogen (secondary N) is 1. The predicted octanol–water partition coefficient (Wildman–Crippen LogP) is 3.12. The predicted molar refractivity (Wildman–Crippen MR) is 124 cm³/mol. The molecule has 5 heterocycles. The Balaban J connectivity index is 1.57. The van der Waals surface area contributed by atoms with Gasteiger partial charge in [0.15, 0.2) is 5.65 Å². The van der Waals surface area contributed by atoms with Gasteiger partial charge in [0, 0.05) is 18.7 Å². The number of aromatic nitrogens is 4. The first-order valence-electron chi connectivity index (χ1n) is 11.1. The number of amides is 1. The normalized spacial score (nSPS) is 17.9. The number of halogens is 1. The summed E-state index contributed by atoms with van der Waals surface area (Å²) >= 11 is 0. The van der Waals surface area contributed by atoms with Gasteiger partial charge in [0.25, 0.3) is 5.91 Å². The molecule has 1 aromatic carbocycles. The zero-order chi connectivity index (χ0) is 23.2. The van der Waals surface area contributed by atoms with E-state index in [4.69, 9.17) is 15.5 Å². The Morgan fingerprint density at radius 2 is 2.06 bits per heavy atom. The number of hydrogen-bond donors (Lipinski definition) is 2. The van der Waals surface area contributed by atoms with Crippen LogP contribution in [0.1, 0.15) is 28.8 Å². The van der Waals surface area contributed by atoms with E-state index in [1.165, 1.54) is 16.8 Å². The van der Waals surface area contributed by atoms with Crippen molar-refractivity contribution in [1.29, 1.82) is 0 Å². The molecule has 1 unspecified atom stereocenters. The fourth-order valence-electron chi connectivity index (χ4n) is 4.69. The Morgan fingerprint density at radius 1 is 1.21 bits per heavy atom. The maximum absolute atomic E-state index is 14.1. The molecule has 2 bridgehead atoms. The highest BCUT2D eigenvalue weighted by Crippen LogP contribution is 2.35. The molecule has 6 rings (SSSR count). The minimum absolute atomic E-state index is 0.128. The van der Waals surface area contributed by atoms with Gasteiger partial charge >= 0.3 is 0 Å². The Kier molecular flexibility index (Phi) is 4.79. The van der Waals surface area contributed by atoms with E-state index in [0.717, 1.165) is 24.6 Å². The standard InChI is InChI=1S/C24H22FN7O2/c25-16-9-15-10-27-21-19(14-5-2-1-3-6-14)20(26)32-22(30-21)18(12-29-32)24(33)31-8-4-7-17(31)13-34-23(15)28-11-16/h1-3,5-6,9,11-12,17H,4,7-8,10,13,26H2,(H,27,30). The fourth-order valence-corrected chi connectivity index (χ4v) is 4.69. The SMILES string of the molecule is Nc1c(-c2ccccc2)c2nc3c(cnn13)C(=O)N1CCCC1COc1ncc(F)cc1CN2. The van der Waals surface area contributed by atoms with Crippen molar-refractivity contribution in [2.24, 2.45) is 0 Å². The second-order valence-corrected chi connectivity index (χ2v) is 8.46. The first kappa shape index (κ1) is 20.4. The van der Waals surface area contributed by atoms with Gasteiger partial charge in [-0.05, 0) is 24.5 Å². The lowest BCUT2D eigenvalue weighted by atomic mass is 10.1. The van der Waals surface area contributed by atoms with Crippen LogP contribution in [0.2, 0.25) is 0 Å². The summed E-state index contributed by atoms with van der Waals surface area (Å²) in [6.07, 6.45) is 4.31. The molecule has 4 aromatic rings. The molecule has 0 spiro atoms. The van der Waals surface area contributed by atoms with Crippen molar-refractivity contribution in [3.05, 3.63) is 65.7 Å². The maximum atomic E-state index is 14.1. The molecule has 0 radical (unpaired) electrons. The lowest BCUT2D eigenvalue weighted by molar-refractivity contribution is 0.0690. The summed E-state index contributed by atoms with van der Waals surface area (Å²) in [6, 6.07) is 10.8. The zero-order valence-electron chi connectivity index (χ0n) is 18.2. The first-order chi connectivity index (χ1) is 16.6. The van der Waals surface area contributed by atoms with E-state index in [2.05, 4.69) is 15.4 Å². The minimum atomic E-state index is -0.463. The Labute approximate surface area is 194 Å². The van der Waals surface area contributed by atoms with Gasteiger partial charge in [0.2, 0.25) is 5.88 Å². The lowest BCUT2D eigenvalue weighted by Gasteiger charge is -2.24. The summed E-state index contributed by atoms with van der Waals surface area (Å²) < 4.78 is 21.6. The third kappa shape index (κ3) is 3.30. The average Bonchev–Trinajstić information content (AvgIpc) is 3.49. The topological polar surface area (TPSA) is 111 Å². The summed E-state index contributed by atoms with van der Waals surface area (Å²) in [5.41, 5.74) is 9.34. The van der Waals surface area contributed by atoms with Gasteiger partial charge in [-0.1, -0.05) is 30.3 Å². The van der Waals surface area contributed by atoms with Gasteiger partial charge in [0.05, 0.1) is 24.0 Å². The van der Waals surface area contributed by atoms with Crippen molar-refractivity contribution in [2.75, 3.05) is 24.2 Å².